The summed E-state index contributed by atoms with van der Waals surface area (Å²) in [6.07, 6.45) is 5.68. The molecule has 1 aromatic rings. The summed E-state index contributed by atoms with van der Waals surface area (Å²) in [7, 11) is 0. The highest BCUT2D eigenvalue weighted by Crippen LogP contribution is 2.16. The van der Waals surface area contributed by atoms with Crippen molar-refractivity contribution < 1.29 is 4.74 Å². The third-order valence-electron chi connectivity index (χ3n) is 4.44. The Labute approximate surface area is 151 Å². The van der Waals surface area contributed by atoms with Gasteiger partial charge in [-0.15, -0.1) is 10.2 Å². The normalized spacial score (nSPS) is 16.8. The molecule has 0 bridgehead atoms. The van der Waals surface area contributed by atoms with E-state index in [4.69, 9.17) is 9.73 Å². The molecule has 0 aliphatic carbocycles. The average molecular weight is 351 g/mol. The number of hydrogen-bond acceptors (Lipinski definition) is 5. The van der Waals surface area contributed by atoms with Crippen molar-refractivity contribution in [3.63, 3.8) is 0 Å². The van der Waals surface area contributed by atoms with E-state index in [1.165, 1.54) is 0 Å². The molecule has 1 aliphatic rings. The maximum Gasteiger partial charge on any atom is 0.191 e. The van der Waals surface area contributed by atoms with Crippen molar-refractivity contribution in [1.29, 1.82) is 0 Å². The number of guanidine groups is 1. The number of aromatic nitrogens is 3. The topological polar surface area (TPSA) is 79.6 Å². The minimum Gasteiger partial charge on any atom is -0.379 e. The molecule has 0 spiro atoms. The molecule has 8 nitrogen and oxygen atoms in total. The van der Waals surface area contributed by atoms with Crippen LogP contribution in [0.4, 0.5) is 0 Å². The minimum atomic E-state index is 0.0422. The van der Waals surface area contributed by atoms with Gasteiger partial charge in [-0.2, -0.15) is 0 Å². The first-order chi connectivity index (χ1) is 12.1. The van der Waals surface area contributed by atoms with Crippen molar-refractivity contribution in [1.82, 2.24) is 30.3 Å². The molecule has 142 valence electrons. The summed E-state index contributed by atoms with van der Waals surface area (Å²) in [4.78, 5) is 7.26. The van der Waals surface area contributed by atoms with Crippen molar-refractivity contribution in [2.45, 2.75) is 45.7 Å². The zero-order chi connectivity index (χ0) is 18.0. The second-order valence-electron chi connectivity index (χ2n) is 6.94. The fourth-order valence-corrected chi connectivity index (χ4v) is 2.85. The molecule has 0 atom stereocenters. The van der Waals surface area contributed by atoms with E-state index in [9.17, 15) is 0 Å². The van der Waals surface area contributed by atoms with Gasteiger partial charge in [0.15, 0.2) is 5.96 Å². The molecule has 0 aromatic carbocycles. The van der Waals surface area contributed by atoms with E-state index in [1.807, 2.05) is 4.57 Å². The summed E-state index contributed by atoms with van der Waals surface area (Å²) in [5, 5.41) is 14.4. The molecule has 2 N–H and O–H groups in total. The summed E-state index contributed by atoms with van der Waals surface area (Å²) in [5.41, 5.74) is 0.0422. The number of nitrogens with zero attached hydrogens (tertiary/aromatic N) is 5. The fourth-order valence-electron chi connectivity index (χ4n) is 2.85. The number of ether oxygens (including phenoxy) is 1. The van der Waals surface area contributed by atoms with E-state index in [0.29, 0.717) is 0 Å². The number of nitrogens with one attached hydrogen (secondary N) is 2. The molecular weight excluding hydrogens is 318 g/mol. The highest BCUT2D eigenvalue weighted by atomic mass is 16.5. The maximum atomic E-state index is 5.45. The largest absolute Gasteiger partial charge is 0.379 e. The van der Waals surface area contributed by atoms with E-state index in [1.54, 1.807) is 12.7 Å². The Morgan fingerprint density at radius 3 is 2.56 bits per heavy atom. The van der Waals surface area contributed by atoms with Crippen molar-refractivity contribution in [3.05, 3.63) is 12.7 Å². The van der Waals surface area contributed by atoms with Crippen LogP contribution in [0.5, 0.6) is 0 Å². The number of unbranched alkanes of at least 4 members (excludes halogenated alkanes) is 1. The first-order valence-electron chi connectivity index (χ1n) is 9.29. The third-order valence-corrected chi connectivity index (χ3v) is 4.44. The Morgan fingerprint density at radius 1 is 1.16 bits per heavy atom. The Balaban J connectivity index is 1.72. The Kier molecular flexibility index (Phi) is 8.14. The summed E-state index contributed by atoms with van der Waals surface area (Å²) >= 11 is 0. The molecule has 1 saturated heterocycles. The molecule has 2 heterocycles. The fraction of sp³-hybridized carbons (Fsp3) is 0.824. The van der Waals surface area contributed by atoms with E-state index in [0.717, 1.165) is 71.3 Å². The van der Waals surface area contributed by atoms with Crippen LogP contribution < -0.4 is 10.6 Å². The number of hydrogen-bond donors (Lipinski definition) is 2. The molecule has 1 aromatic heterocycles. The van der Waals surface area contributed by atoms with Crippen LogP contribution in [0.3, 0.4) is 0 Å². The highest BCUT2D eigenvalue weighted by Gasteiger charge is 2.27. The van der Waals surface area contributed by atoms with Crippen LogP contribution in [0.25, 0.3) is 0 Å². The van der Waals surface area contributed by atoms with E-state index in [-0.39, 0.29) is 5.54 Å². The molecule has 8 heteroatoms. The van der Waals surface area contributed by atoms with E-state index >= 15 is 0 Å². The monoisotopic (exact) mass is 351 g/mol. The lowest BCUT2D eigenvalue weighted by Crippen LogP contribution is -2.52. The van der Waals surface area contributed by atoms with Crippen molar-refractivity contribution in [2.24, 2.45) is 4.99 Å². The van der Waals surface area contributed by atoms with Gasteiger partial charge < -0.3 is 19.9 Å². The molecular formula is C17H33N7O. The molecule has 0 amide bonds. The summed E-state index contributed by atoms with van der Waals surface area (Å²) < 4.78 is 7.45. The second-order valence-corrected chi connectivity index (χ2v) is 6.94. The molecule has 0 unspecified atom stereocenters. The third kappa shape index (κ3) is 6.99. The van der Waals surface area contributed by atoms with Crippen molar-refractivity contribution in [2.75, 3.05) is 45.9 Å². The van der Waals surface area contributed by atoms with Crippen LogP contribution >= 0.6 is 0 Å². The summed E-state index contributed by atoms with van der Waals surface area (Å²) in [5.74, 6) is 0.896. The van der Waals surface area contributed by atoms with E-state index in [2.05, 4.69) is 46.5 Å². The standard InChI is InChI=1S/C17H33N7O/c1-4-18-16(19-7-5-6-8-23-14-21-22-15-23)20-13-17(2,3)24-9-11-25-12-10-24/h14-15H,4-13H2,1-3H3,(H2,18,19,20). The molecule has 25 heavy (non-hydrogen) atoms. The Hall–Kier alpha value is -1.67. The SMILES string of the molecule is CCNC(=NCC(C)(C)N1CCOCC1)NCCCCn1cnnc1. The minimum absolute atomic E-state index is 0.0422. The zero-order valence-electron chi connectivity index (χ0n) is 15.9. The predicted molar refractivity (Wildman–Crippen MR) is 99.7 cm³/mol. The van der Waals surface area contributed by atoms with Gasteiger partial charge in [0.05, 0.1) is 19.8 Å². The lowest BCUT2D eigenvalue weighted by molar-refractivity contribution is -0.00683. The first-order valence-corrected chi connectivity index (χ1v) is 9.29. The molecule has 1 fully saturated rings. The number of rotatable bonds is 9. The van der Waals surface area contributed by atoms with Gasteiger partial charge in [-0.3, -0.25) is 9.89 Å². The Bertz CT molecular complexity index is 495. The van der Waals surface area contributed by atoms with Gasteiger partial charge >= 0.3 is 0 Å². The lowest BCUT2D eigenvalue weighted by atomic mass is 10.0. The zero-order valence-corrected chi connectivity index (χ0v) is 15.9. The number of aryl methyl sites for hydroxylation is 1. The molecule has 2 rings (SSSR count). The van der Waals surface area contributed by atoms with Crippen LogP contribution in [0, 0.1) is 0 Å². The van der Waals surface area contributed by atoms with Crippen molar-refractivity contribution >= 4 is 5.96 Å². The van der Waals surface area contributed by atoms with Crippen LogP contribution in [-0.4, -0.2) is 77.1 Å². The summed E-state index contributed by atoms with van der Waals surface area (Å²) in [6, 6.07) is 0. The molecule has 0 radical (unpaired) electrons. The van der Waals surface area contributed by atoms with Crippen LogP contribution in [0.1, 0.15) is 33.6 Å². The van der Waals surface area contributed by atoms with Gasteiger partial charge in [0.25, 0.3) is 0 Å². The highest BCUT2D eigenvalue weighted by molar-refractivity contribution is 5.79. The average Bonchev–Trinajstić information content (AvgIpc) is 3.13. The first kappa shape index (κ1) is 19.7. The molecule has 0 saturated carbocycles. The smallest absolute Gasteiger partial charge is 0.191 e. The number of morpholine rings is 1. The quantitative estimate of drug-likeness (QED) is 0.388. The van der Waals surface area contributed by atoms with E-state index < -0.39 is 0 Å². The van der Waals surface area contributed by atoms with Crippen LogP contribution in [0.15, 0.2) is 17.6 Å². The second kappa shape index (κ2) is 10.4. The van der Waals surface area contributed by atoms with Gasteiger partial charge in [0, 0.05) is 38.3 Å². The van der Waals surface area contributed by atoms with Gasteiger partial charge in [-0.1, -0.05) is 0 Å². The lowest BCUT2D eigenvalue weighted by Gasteiger charge is -2.39. The molecule has 1 aliphatic heterocycles. The van der Waals surface area contributed by atoms with Gasteiger partial charge in [-0.25, -0.2) is 0 Å². The summed E-state index contributed by atoms with van der Waals surface area (Å²) in [6.45, 7) is 13.7. The maximum absolute atomic E-state index is 5.45. The van der Waals surface area contributed by atoms with Crippen LogP contribution in [-0.2, 0) is 11.3 Å². The van der Waals surface area contributed by atoms with Gasteiger partial charge in [0.2, 0.25) is 0 Å². The number of aliphatic imine (C=N–C) groups is 1. The Morgan fingerprint density at radius 2 is 1.88 bits per heavy atom. The van der Waals surface area contributed by atoms with Gasteiger partial charge in [0.1, 0.15) is 12.7 Å². The predicted octanol–water partition coefficient (Wildman–Crippen LogP) is 0.724. The van der Waals surface area contributed by atoms with Crippen LogP contribution in [0.2, 0.25) is 0 Å². The van der Waals surface area contributed by atoms with Gasteiger partial charge in [-0.05, 0) is 33.6 Å². The van der Waals surface area contributed by atoms with Crippen molar-refractivity contribution in [3.8, 4) is 0 Å².